The molecule has 0 fully saturated rings. The number of hydrogen-bond donors (Lipinski definition) is 2. The number of alkyl carbamates (subject to hydrolysis) is 1. The number of aliphatic hydroxyl groups is 1. The molecular formula is C9H16BrNO5. The van der Waals surface area contributed by atoms with Crippen LogP contribution in [-0.4, -0.2) is 40.9 Å². The Morgan fingerprint density at radius 1 is 1.44 bits per heavy atom. The van der Waals surface area contributed by atoms with Gasteiger partial charge in [-0.2, -0.15) is 0 Å². The number of hydrogen-bond acceptors (Lipinski definition) is 5. The summed E-state index contributed by atoms with van der Waals surface area (Å²) in [7, 11) is 1.13. The van der Waals surface area contributed by atoms with Crippen molar-refractivity contribution in [3.8, 4) is 0 Å². The van der Waals surface area contributed by atoms with Gasteiger partial charge in [-0.05, 0) is 20.8 Å². The lowest BCUT2D eigenvalue weighted by atomic mass is 9.99. The highest BCUT2D eigenvalue weighted by molar-refractivity contribution is 9.10. The first kappa shape index (κ1) is 15.2. The van der Waals surface area contributed by atoms with Crippen molar-refractivity contribution in [1.82, 2.24) is 5.32 Å². The first-order valence-corrected chi connectivity index (χ1v) is 5.43. The van der Waals surface area contributed by atoms with E-state index in [1.807, 2.05) is 5.32 Å². The number of alkyl halides is 1. The molecule has 0 rings (SSSR count). The van der Waals surface area contributed by atoms with Crippen molar-refractivity contribution in [3.05, 3.63) is 0 Å². The second kappa shape index (κ2) is 5.49. The summed E-state index contributed by atoms with van der Waals surface area (Å²) in [6, 6.07) is 0. The third kappa shape index (κ3) is 3.34. The van der Waals surface area contributed by atoms with Crippen molar-refractivity contribution < 1.29 is 24.2 Å². The Kier molecular flexibility index (Phi) is 5.21. The molecule has 6 nitrogen and oxygen atoms in total. The maximum atomic E-state index is 11.6. The molecule has 0 aromatic heterocycles. The lowest BCUT2D eigenvalue weighted by Crippen LogP contribution is -2.65. The minimum atomic E-state index is -2.20. The van der Waals surface area contributed by atoms with Gasteiger partial charge >= 0.3 is 12.1 Å². The second-order valence-electron chi connectivity index (χ2n) is 3.52. The summed E-state index contributed by atoms with van der Waals surface area (Å²) in [6.07, 6.45) is -0.928. The van der Waals surface area contributed by atoms with Gasteiger partial charge < -0.3 is 14.6 Å². The van der Waals surface area contributed by atoms with Crippen LogP contribution < -0.4 is 5.32 Å². The van der Waals surface area contributed by atoms with E-state index >= 15 is 0 Å². The van der Waals surface area contributed by atoms with Gasteiger partial charge in [0.15, 0.2) is 0 Å². The zero-order valence-electron chi connectivity index (χ0n) is 9.67. The molecule has 0 saturated carbocycles. The number of carbonyl (C=O) groups excluding carboxylic acids is 2. The van der Waals surface area contributed by atoms with Gasteiger partial charge in [0.2, 0.25) is 0 Å². The third-order valence-corrected chi connectivity index (χ3v) is 2.47. The molecule has 0 radical (unpaired) electrons. The number of ether oxygens (including phenoxy) is 2. The fourth-order valence-electron chi connectivity index (χ4n) is 0.877. The number of carbonyl (C=O) groups is 2. The Balaban J connectivity index is 5.04. The highest BCUT2D eigenvalue weighted by Gasteiger charge is 2.51. The first-order chi connectivity index (χ1) is 7.19. The van der Waals surface area contributed by atoms with Crippen LogP contribution in [0.5, 0.6) is 0 Å². The maximum Gasteiger partial charge on any atom is 0.409 e. The van der Waals surface area contributed by atoms with E-state index in [1.54, 1.807) is 6.92 Å². The molecule has 0 spiro atoms. The van der Waals surface area contributed by atoms with Crippen LogP contribution in [0.15, 0.2) is 0 Å². The second-order valence-corrected chi connectivity index (χ2v) is 5.50. The predicted molar refractivity (Wildman–Crippen MR) is 60.1 cm³/mol. The minimum absolute atomic E-state index is 0.0904. The molecule has 1 amide bonds. The predicted octanol–water partition coefficient (Wildman–Crippen LogP) is 0.768. The van der Waals surface area contributed by atoms with Crippen molar-refractivity contribution in [3.63, 3.8) is 0 Å². The van der Waals surface area contributed by atoms with Crippen molar-refractivity contribution in [2.75, 3.05) is 13.7 Å². The van der Waals surface area contributed by atoms with E-state index < -0.39 is 22.1 Å². The largest absolute Gasteiger partial charge is 0.462 e. The fourth-order valence-corrected chi connectivity index (χ4v) is 1.14. The topological polar surface area (TPSA) is 84.9 Å². The van der Waals surface area contributed by atoms with Gasteiger partial charge in [0.25, 0.3) is 5.72 Å². The van der Waals surface area contributed by atoms with Crippen LogP contribution in [0.3, 0.4) is 0 Å². The van der Waals surface area contributed by atoms with E-state index in [9.17, 15) is 14.7 Å². The Hall–Kier alpha value is -0.820. The van der Waals surface area contributed by atoms with E-state index in [4.69, 9.17) is 0 Å². The van der Waals surface area contributed by atoms with Crippen LogP contribution in [0, 0.1) is 0 Å². The molecule has 2 N–H and O–H groups in total. The summed E-state index contributed by atoms with van der Waals surface area (Å²) in [5.41, 5.74) is -2.20. The Morgan fingerprint density at radius 3 is 2.25 bits per heavy atom. The van der Waals surface area contributed by atoms with Crippen LogP contribution in [-0.2, 0) is 14.3 Å². The van der Waals surface area contributed by atoms with Gasteiger partial charge in [0.1, 0.15) is 0 Å². The van der Waals surface area contributed by atoms with Gasteiger partial charge in [-0.15, -0.1) is 0 Å². The molecule has 1 unspecified atom stereocenters. The molecule has 0 saturated heterocycles. The maximum absolute atomic E-state index is 11.6. The molecule has 16 heavy (non-hydrogen) atoms. The minimum Gasteiger partial charge on any atom is -0.462 e. The Morgan fingerprint density at radius 2 is 1.94 bits per heavy atom. The molecule has 0 heterocycles. The number of amides is 1. The van der Waals surface area contributed by atoms with Gasteiger partial charge in [0, 0.05) is 0 Å². The quantitative estimate of drug-likeness (QED) is 0.455. The van der Waals surface area contributed by atoms with Crippen LogP contribution >= 0.6 is 15.9 Å². The van der Waals surface area contributed by atoms with Gasteiger partial charge in [-0.3, -0.25) is 5.32 Å². The third-order valence-electron chi connectivity index (χ3n) is 1.90. The van der Waals surface area contributed by atoms with Crippen LogP contribution in [0.4, 0.5) is 4.79 Å². The zero-order chi connectivity index (χ0) is 13.0. The van der Waals surface area contributed by atoms with Gasteiger partial charge in [0.05, 0.1) is 18.0 Å². The molecule has 0 aliphatic carbocycles. The molecule has 1 atom stereocenters. The summed E-state index contributed by atoms with van der Waals surface area (Å²) >= 11 is 3.11. The van der Waals surface area contributed by atoms with E-state index in [2.05, 4.69) is 25.4 Å². The van der Waals surface area contributed by atoms with Crippen molar-refractivity contribution in [2.45, 2.75) is 30.8 Å². The van der Waals surface area contributed by atoms with E-state index in [0.29, 0.717) is 0 Å². The molecule has 94 valence electrons. The summed E-state index contributed by atoms with van der Waals surface area (Å²) in [5, 5.41) is 12.2. The first-order valence-electron chi connectivity index (χ1n) is 4.63. The monoisotopic (exact) mass is 297 g/mol. The molecule has 0 aliphatic heterocycles. The zero-order valence-corrected chi connectivity index (χ0v) is 11.3. The smallest absolute Gasteiger partial charge is 0.409 e. The standard InChI is InChI=1S/C9H16BrNO5/c1-5-16-6(12)9(14,8(2,3)10)11-7(13)15-4/h14H,5H2,1-4H3,(H,11,13). The number of methoxy groups -OCH3 is 1. The Bertz CT molecular complexity index is 276. The number of rotatable bonds is 4. The van der Waals surface area contributed by atoms with Gasteiger partial charge in [-0.25, -0.2) is 9.59 Å². The van der Waals surface area contributed by atoms with Crippen LogP contribution in [0.1, 0.15) is 20.8 Å². The summed E-state index contributed by atoms with van der Waals surface area (Å²) in [5.74, 6) is -0.956. The van der Waals surface area contributed by atoms with Crippen molar-refractivity contribution in [1.29, 1.82) is 0 Å². The summed E-state index contributed by atoms with van der Waals surface area (Å²) < 4.78 is 7.91. The molecule has 0 aromatic rings. The molecule has 7 heteroatoms. The van der Waals surface area contributed by atoms with E-state index in [1.165, 1.54) is 13.8 Å². The molecule has 0 aromatic carbocycles. The van der Waals surface area contributed by atoms with Crippen molar-refractivity contribution in [2.24, 2.45) is 0 Å². The van der Waals surface area contributed by atoms with E-state index in [0.717, 1.165) is 7.11 Å². The fraction of sp³-hybridized carbons (Fsp3) is 0.778. The molecular weight excluding hydrogens is 282 g/mol. The Labute approximate surface area is 102 Å². The van der Waals surface area contributed by atoms with Crippen molar-refractivity contribution >= 4 is 28.0 Å². The number of nitrogens with one attached hydrogen (secondary N) is 1. The van der Waals surface area contributed by atoms with Crippen LogP contribution in [0.25, 0.3) is 0 Å². The average Bonchev–Trinajstić information content (AvgIpc) is 2.16. The lowest BCUT2D eigenvalue weighted by Gasteiger charge is -2.35. The summed E-state index contributed by atoms with van der Waals surface area (Å²) in [4.78, 5) is 22.7. The summed E-state index contributed by atoms with van der Waals surface area (Å²) in [6.45, 7) is 4.71. The van der Waals surface area contributed by atoms with E-state index in [-0.39, 0.29) is 6.61 Å². The van der Waals surface area contributed by atoms with Crippen LogP contribution in [0.2, 0.25) is 0 Å². The lowest BCUT2D eigenvalue weighted by molar-refractivity contribution is -0.171. The molecule has 0 bridgehead atoms. The highest BCUT2D eigenvalue weighted by atomic mass is 79.9. The van der Waals surface area contributed by atoms with Gasteiger partial charge in [-0.1, -0.05) is 15.9 Å². The normalized spacial score (nSPS) is 14.9. The average molecular weight is 298 g/mol. The number of halogens is 1. The molecule has 0 aliphatic rings. The SMILES string of the molecule is CCOC(=O)C(O)(NC(=O)OC)C(C)(C)Br. The highest BCUT2D eigenvalue weighted by Crippen LogP contribution is 2.30. The number of esters is 1.